The van der Waals surface area contributed by atoms with Crippen LogP contribution in [0, 0.1) is 11.8 Å². The van der Waals surface area contributed by atoms with Crippen LogP contribution in [0.2, 0.25) is 0 Å². The highest BCUT2D eigenvalue weighted by Crippen LogP contribution is 2.27. The van der Waals surface area contributed by atoms with Gasteiger partial charge in [-0.25, -0.2) is 0 Å². The van der Waals surface area contributed by atoms with Gasteiger partial charge in [-0.3, -0.25) is 9.69 Å². The zero-order valence-electron chi connectivity index (χ0n) is 13.0. The zero-order valence-corrected chi connectivity index (χ0v) is 14.6. The number of carboxylic acids is 1. The second-order valence-electron chi connectivity index (χ2n) is 6.35. The number of carboxylic acid groups (broad SMARTS) is 1. The number of rotatable bonds is 4. The molecular formula is C18H20BrNO3. The van der Waals surface area contributed by atoms with E-state index in [4.69, 9.17) is 4.42 Å². The fourth-order valence-corrected chi connectivity index (χ4v) is 3.65. The summed E-state index contributed by atoms with van der Waals surface area (Å²) in [5.41, 5.74) is 1.03. The number of halogens is 1. The van der Waals surface area contributed by atoms with Gasteiger partial charge in [-0.2, -0.15) is 0 Å². The van der Waals surface area contributed by atoms with Gasteiger partial charge < -0.3 is 9.52 Å². The molecule has 1 aliphatic rings. The summed E-state index contributed by atoms with van der Waals surface area (Å²) in [6.07, 6.45) is 0.757. The van der Waals surface area contributed by atoms with Crippen LogP contribution in [0.5, 0.6) is 0 Å². The lowest BCUT2D eigenvalue weighted by Crippen LogP contribution is -2.41. The van der Waals surface area contributed by atoms with E-state index in [2.05, 4.69) is 27.8 Å². The Morgan fingerprint density at radius 2 is 2.17 bits per heavy atom. The van der Waals surface area contributed by atoms with Crippen molar-refractivity contribution in [3.63, 3.8) is 0 Å². The van der Waals surface area contributed by atoms with Crippen molar-refractivity contribution in [3.05, 3.63) is 46.6 Å². The van der Waals surface area contributed by atoms with Crippen LogP contribution in [-0.2, 0) is 11.3 Å². The van der Waals surface area contributed by atoms with Crippen molar-refractivity contribution in [2.75, 3.05) is 13.1 Å². The molecule has 2 unspecified atom stereocenters. The molecule has 3 rings (SSSR count). The van der Waals surface area contributed by atoms with Gasteiger partial charge in [0.2, 0.25) is 0 Å². The minimum atomic E-state index is -0.698. The molecule has 0 radical (unpaired) electrons. The van der Waals surface area contributed by atoms with Crippen LogP contribution in [0.4, 0.5) is 0 Å². The number of benzene rings is 1. The number of nitrogens with zero attached hydrogens (tertiary/aromatic N) is 1. The molecule has 2 atom stereocenters. The van der Waals surface area contributed by atoms with E-state index in [0.29, 0.717) is 19.0 Å². The van der Waals surface area contributed by atoms with Crippen LogP contribution in [-0.4, -0.2) is 29.1 Å². The molecule has 1 aliphatic heterocycles. The molecule has 0 aliphatic carbocycles. The molecule has 0 saturated carbocycles. The fraction of sp³-hybridized carbons (Fsp3) is 0.389. The first-order valence-corrected chi connectivity index (χ1v) is 8.60. The normalized spacial score (nSPS) is 22.2. The average Bonchev–Trinajstić information content (AvgIpc) is 2.95. The van der Waals surface area contributed by atoms with Gasteiger partial charge in [-0.15, -0.1) is 0 Å². The summed E-state index contributed by atoms with van der Waals surface area (Å²) in [6, 6.07) is 11.9. The molecule has 0 spiro atoms. The van der Waals surface area contributed by atoms with Crippen molar-refractivity contribution in [1.82, 2.24) is 4.90 Å². The predicted octanol–water partition coefficient (Wildman–Crippen LogP) is 4.25. The molecule has 1 aromatic carbocycles. The van der Waals surface area contributed by atoms with Gasteiger partial charge in [-0.05, 0) is 36.6 Å². The van der Waals surface area contributed by atoms with Crippen LogP contribution in [0.3, 0.4) is 0 Å². The van der Waals surface area contributed by atoms with Gasteiger partial charge in [-0.1, -0.05) is 35.0 Å². The SMILES string of the molecule is CC1CC(C(=O)O)CN(Cc2ccc(-c3cccc(Br)c3)o2)C1. The van der Waals surface area contributed by atoms with Gasteiger partial charge in [0, 0.05) is 23.1 Å². The van der Waals surface area contributed by atoms with Crippen molar-refractivity contribution in [3.8, 4) is 11.3 Å². The maximum Gasteiger partial charge on any atom is 0.307 e. The van der Waals surface area contributed by atoms with Crippen LogP contribution in [0.25, 0.3) is 11.3 Å². The summed E-state index contributed by atoms with van der Waals surface area (Å²) in [5.74, 6) is 1.12. The fourth-order valence-electron chi connectivity index (χ4n) is 3.25. The maximum atomic E-state index is 11.3. The molecule has 1 aromatic heterocycles. The number of likely N-dealkylation sites (tertiary alicyclic amines) is 1. The topological polar surface area (TPSA) is 53.7 Å². The Kier molecular flexibility index (Phi) is 4.87. The van der Waals surface area contributed by atoms with Crippen LogP contribution in [0.1, 0.15) is 19.1 Å². The van der Waals surface area contributed by atoms with E-state index in [1.165, 1.54) is 0 Å². The van der Waals surface area contributed by atoms with E-state index in [1.807, 2.05) is 36.4 Å². The molecule has 4 nitrogen and oxygen atoms in total. The summed E-state index contributed by atoms with van der Waals surface area (Å²) < 4.78 is 6.96. The number of carbonyl (C=O) groups is 1. The summed E-state index contributed by atoms with van der Waals surface area (Å²) >= 11 is 3.47. The van der Waals surface area contributed by atoms with Gasteiger partial charge in [0.1, 0.15) is 11.5 Å². The second kappa shape index (κ2) is 6.89. The Balaban J connectivity index is 1.70. The summed E-state index contributed by atoms with van der Waals surface area (Å²) in [4.78, 5) is 13.4. The monoisotopic (exact) mass is 377 g/mol. The molecular weight excluding hydrogens is 358 g/mol. The molecule has 1 N–H and O–H groups in total. The van der Waals surface area contributed by atoms with Gasteiger partial charge >= 0.3 is 5.97 Å². The molecule has 23 heavy (non-hydrogen) atoms. The molecule has 5 heteroatoms. The molecule has 1 fully saturated rings. The zero-order chi connectivity index (χ0) is 16.4. The standard InChI is InChI=1S/C18H20BrNO3/c1-12-7-14(18(21)22)10-20(9-12)11-16-5-6-17(23-16)13-3-2-4-15(19)8-13/h2-6,8,12,14H,7,9-11H2,1H3,(H,21,22). The Hall–Kier alpha value is -1.59. The van der Waals surface area contributed by atoms with Crippen molar-refractivity contribution in [1.29, 1.82) is 0 Å². The number of hydrogen-bond acceptors (Lipinski definition) is 3. The van der Waals surface area contributed by atoms with E-state index in [1.54, 1.807) is 0 Å². The van der Waals surface area contributed by atoms with Crippen molar-refractivity contribution < 1.29 is 14.3 Å². The first-order valence-electron chi connectivity index (χ1n) is 7.81. The van der Waals surface area contributed by atoms with E-state index < -0.39 is 5.97 Å². The molecule has 1 saturated heterocycles. The summed E-state index contributed by atoms with van der Waals surface area (Å²) in [7, 11) is 0. The van der Waals surface area contributed by atoms with Gasteiger partial charge in [0.15, 0.2) is 0 Å². The third kappa shape index (κ3) is 4.03. The molecule has 2 heterocycles. The lowest BCUT2D eigenvalue weighted by atomic mass is 9.90. The van der Waals surface area contributed by atoms with E-state index >= 15 is 0 Å². The first-order chi connectivity index (χ1) is 11.0. The van der Waals surface area contributed by atoms with Crippen LogP contribution < -0.4 is 0 Å². The predicted molar refractivity (Wildman–Crippen MR) is 92.0 cm³/mol. The summed E-state index contributed by atoms with van der Waals surface area (Å²) in [6.45, 7) is 4.27. The number of hydrogen-bond donors (Lipinski definition) is 1. The largest absolute Gasteiger partial charge is 0.481 e. The van der Waals surface area contributed by atoms with E-state index in [0.717, 1.165) is 34.5 Å². The number of piperidine rings is 1. The highest BCUT2D eigenvalue weighted by Gasteiger charge is 2.29. The van der Waals surface area contributed by atoms with Crippen LogP contribution in [0.15, 0.2) is 45.3 Å². The van der Waals surface area contributed by atoms with Gasteiger partial charge in [0.05, 0.1) is 12.5 Å². The van der Waals surface area contributed by atoms with E-state index in [-0.39, 0.29) is 5.92 Å². The minimum Gasteiger partial charge on any atom is -0.481 e. The Labute approximate surface area is 144 Å². The maximum absolute atomic E-state index is 11.3. The highest BCUT2D eigenvalue weighted by atomic mass is 79.9. The smallest absolute Gasteiger partial charge is 0.307 e. The first kappa shape index (κ1) is 16.3. The lowest BCUT2D eigenvalue weighted by molar-refractivity contribution is -0.144. The molecule has 2 aromatic rings. The number of furan rings is 1. The van der Waals surface area contributed by atoms with Crippen molar-refractivity contribution in [2.24, 2.45) is 11.8 Å². The molecule has 0 amide bonds. The third-order valence-electron chi connectivity index (χ3n) is 4.23. The Bertz CT molecular complexity index is 697. The second-order valence-corrected chi connectivity index (χ2v) is 7.26. The third-order valence-corrected chi connectivity index (χ3v) is 4.73. The minimum absolute atomic E-state index is 0.279. The molecule has 0 bridgehead atoms. The average molecular weight is 378 g/mol. The summed E-state index contributed by atoms with van der Waals surface area (Å²) in [5, 5.41) is 9.26. The highest BCUT2D eigenvalue weighted by molar-refractivity contribution is 9.10. The van der Waals surface area contributed by atoms with Crippen LogP contribution >= 0.6 is 15.9 Å². The van der Waals surface area contributed by atoms with E-state index in [9.17, 15) is 9.90 Å². The molecule has 122 valence electrons. The van der Waals surface area contributed by atoms with Gasteiger partial charge in [0.25, 0.3) is 0 Å². The Morgan fingerprint density at radius 1 is 1.35 bits per heavy atom. The van der Waals surface area contributed by atoms with Crippen molar-refractivity contribution >= 4 is 21.9 Å². The number of aliphatic carboxylic acids is 1. The lowest BCUT2D eigenvalue weighted by Gasteiger charge is -2.34. The quantitative estimate of drug-likeness (QED) is 0.864. The Morgan fingerprint density at radius 3 is 2.91 bits per heavy atom. The van der Waals surface area contributed by atoms with Crippen molar-refractivity contribution in [2.45, 2.75) is 19.9 Å².